The molecular formula is C16H30N2O. The van der Waals surface area contributed by atoms with E-state index in [2.05, 4.69) is 12.2 Å². The molecule has 2 aliphatic rings. The minimum Gasteiger partial charge on any atom is -0.353 e. The van der Waals surface area contributed by atoms with Gasteiger partial charge in [-0.2, -0.15) is 0 Å². The van der Waals surface area contributed by atoms with Gasteiger partial charge in [-0.25, -0.2) is 0 Å². The highest BCUT2D eigenvalue weighted by Gasteiger charge is 2.33. The highest BCUT2D eigenvalue weighted by molar-refractivity contribution is 5.79. The van der Waals surface area contributed by atoms with E-state index in [-0.39, 0.29) is 11.8 Å². The Labute approximate surface area is 117 Å². The van der Waals surface area contributed by atoms with Crippen molar-refractivity contribution in [2.75, 3.05) is 6.54 Å². The molecule has 0 radical (unpaired) electrons. The smallest absolute Gasteiger partial charge is 0.223 e. The molecule has 3 N–H and O–H groups in total. The summed E-state index contributed by atoms with van der Waals surface area (Å²) in [5.74, 6) is 1.81. The van der Waals surface area contributed by atoms with Gasteiger partial charge in [-0.3, -0.25) is 4.79 Å². The van der Waals surface area contributed by atoms with Crippen LogP contribution in [0.5, 0.6) is 0 Å². The first-order valence-corrected chi connectivity index (χ1v) is 8.25. The van der Waals surface area contributed by atoms with Crippen LogP contribution in [0.2, 0.25) is 0 Å². The average molecular weight is 266 g/mol. The Morgan fingerprint density at radius 3 is 2.53 bits per heavy atom. The summed E-state index contributed by atoms with van der Waals surface area (Å²) < 4.78 is 0. The van der Waals surface area contributed by atoms with Crippen molar-refractivity contribution in [2.45, 2.75) is 70.8 Å². The Morgan fingerprint density at radius 2 is 1.89 bits per heavy atom. The first-order valence-electron chi connectivity index (χ1n) is 8.25. The standard InChI is InChI=1S/C16H30N2O/c1-2-4-12-7-9-14(10-8-12)18-16(19)15-6-3-5-13(15)11-17/h12-15H,2-11,17H2,1H3,(H,18,19)/t12?,13-,14?,15-/m1/s1. The van der Waals surface area contributed by atoms with E-state index in [4.69, 9.17) is 5.73 Å². The maximum atomic E-state index is 12.3. The van der Waals surface area contributed by atoms with E-state index >= 15 is 0 Å². The molecule has 0 unspecified atom stereocenters. The first kappa shape index (κ1) is 14.8. The summed E-state index contributed by atoms with van der Waals surface area (Å²) in [6, 6.07) is 0.430. The molecule has 0 aromatic heterocycles. The quantitative estimate of drug-likeness (QED) is 0.804. The second-order valence-corrected chi connectivity index (χ2v) is 6.55. The predicted octanol–water partition coefficient (Wildman–Crippen LogP) is 2.84. The van der Waals surface area contributed by atoms with Crippen molar-refractivity contribution < 1.29 is 4.79 Å². The summed E-state index contributed by atoms with van der Waals surface area (Å²) in [5, 5.41) is 3.29. The van der Waals surface area contributed by atoms with Gasteiger partial charge in [0.25, 0.3) is 0 Å². The zero-order valence-electron chi connectivity index (χ0n) is 12.4. The van der Waals surface area contributed by atoms with Gasteiger partial charge in [-0.1, -0.05) is 26.2 Å². The van der Waals surface area contributed by atoms with Gasteiger partial charge in [0.15, 0.2) is 0 Å². The predicted molar refractivity (Wildman–Crippen MR) is 78.7 cm³/mol. The Bertz CT molecular complexity index is 284. The van der Waals surface area contributed by atoms with Gasteiger partial charge >= 0.3 is 0 Å². The number of nitrogens with one attached hydrogen (secondary N) is 1. The van der Waals surface area contributed by atoms with Crippen LogP contribution < -0.4 is 11.1 Å². The zero-order chi connectivity index (χ0) is 13.7. The van der Waals surface area contributed by atoms with Crippen LogP contribution in [0.3, 0.4) is 0 Å². The van der Waals surface area contributed by atoms with Crippen LogP contribution in [0.15, 0.2) is 0 Å². The molecule has 0 bridgehead atoms. The number of hydrogen-bond acceptors (Lipinski definition) is 2. The molecule has 0 aliphatic heterocycles. The van der Waals surface area contributed by atoms with Gasteiger partial charge in [0.2, 0.25) is 5.91 Å². The van der Waals surface area contributed by atoms with Crippen LogP contribution in [-0.4, -0.2) is 18.5 Å². The molecule has 2 atom stereocenters. The van der Waals surface area contributed by atoms with Crippen LogP contribution in [0.1, 0.15) is 64.7 Å². The van der Waals surface area contributed by atoms with Gasteiger partial charge in [0, 0.05) is 12.0 Å². The molecule has 0 saturated heterocycles. The molecule has 110 valence electrons. The van der Waals surface area contributed by atoms with Gasteiger partial charge in [-0.15, -0.1) is 0 Å². The van der Waals surface area contributed by atoms with Crippen molar-refractivity contribution in [1.29, 1.82) is 0 Å². The molecule has 2 fully saturated rings. The van der Waals surface area contributed by atoms with Gasteiger partial charge in [0.1, 0.15) is 0 Å². The molecule has 1 amide bonds. The fraction of sp³-hybridized carbons (Fsp3) is 0.938. The topological polar surface area (TPSA) is 55.1 Å². The van der Waals surface area contributed by atoms with Gasteiger partial charge in [-0.05, 0) is 56.9 Å². The fourth-order valence-electron chi connectivity index (χ4n) is 3.98. The highest BCUT2D eigenvalue weighted by atomic mass is 16.2. The molecule has 2 rings (SSSR count). The largest absolute Gasteiger partial charge is 0.353 e. The second kappa shape index (κ2) is 7.28. The van der Waals surface area contributed by atoms with E-state index in [1.54, 1.807) is 0 Å². The molecule has 19 heavy (non-hydrogen) atoms. The molecule has 0 spiro atoms. The van der Waals surface area contributed by atoms with Crippen molar-refractivity contribution in [3.63, 3.8) is 0 Å². The lowest BCUT2D eigenvalue weighted by Crippen LogP contribution is -2.42. The summed E-state index contributed by atoms with van der Waals surface area (Å²) in [6.45, 7) is 2.93. The van der Waals surface area contributed by atoms with Crippen LogP contribution in [0, 0.1) is 17.8 Å². The maximum absolute atomic E-state index is 12.3. The summed E-state index contributed by atoms with van der Waals surface area (Å²) in [5.41, 5.74) is 5.77. The highest BCUT2D eigenvalue weighted by Crippen LogP contribution is 2.32. The van der Waals surface area contributed by atoms with E-state index in [1.807, 2.05) is 0 Å². The number of hydrogen-bond donors (Lipinski definition) is 2. The zero-order valence-corrected chi connectivity index (χ0v) is 12.4. The fourth-order valence-corrected chi connectivity index (χ4v) is 3.98. The van der Waals surface area contributed by atoms with E-state index < -0.39 is 0 Å². The first-order chi connectivity index (χ1) is 9.24. The molecule has 0 aromatic carbocycles. The summed E-state index contributed by atoms with van der Waals surface area (Å²) in [6.07, 6.45) is 10.9. The molecule has 0 heterocycles. The third kappa shape index (κ3) is 3.95. The van der Waals surface area contributed by atoms with Crippen molar-refractivity contribution >= 4 is 5.91 Å². The van der Waals surface area contributed by atoms with Gasteiger partial charge in [0.05, 0.1) is 0 Å². The van der Waals surface area contributed by atoms with E-state index in [0.29, 0.717) is 18.5 Å². The minimum atomic E-state index is 0.193. The lowest BCUT2D eigenvalue weighted by atomic mass is 9.83. The van der Waals surface area contributed by atoms with Crippen LogP contribution in [-0.2, 0) is 4.79 Å². The second-order valence-electron chi connectivity index (χ2n) is 6.55. The minimum absolute atomic E-state index is 0.193. The molecule has 3 heteroatoms. The van der Waals surface area contributed by atoms with Crippen molar-refractivity contribution in [1.82, 2.24) is 5.32 Å². The third-order valence-corrected chi connectivity index (χ3v) is 5.19. The average Bonchev–Trinajstić information content (AvgIpc) is 2.90. The van der Waals surface area contributed by atoms with Crippen LogP contribution in [0.25, 0.3) is 0 Å². The molecule has 2 saturated carbocycles. The van der Waals surface area contributed by atoms with Crippen molar-refractivity contribution in [3.8, 4) is 0 Å². The van der Waals surface area contributed by atoms with Gasteiger partial charge < -0.3 is 11.1 Å². The number of rotatable bonds is 5. The lowest BCUT2D eigenvalue weighted by molar-refractivity contribution is -0.127. The summed E-state index contributed by atoms with van der Waals surface area (Å²) >= 11 is 0. The van der Waals surface area contributed by atoms with E-state index in [0.717, 1.165) is 18.8 Å². The Kier molecular flexibility index (Phi) is 5.68. The molecular weight excluding hydrogens is 236 g/mol. The van der Waals surface area contributed by atoms with E-state index in [1.165, 1.54) is 44.9 Å². The molecule has 2 aliphatic carbocycles. The Balaban J connectivity index is 1.74. The number of carbonyl (C=O) groups is 1. The Morgan fingerprint density at radius 1 is 1.16 bits per heavy atom. The van der Waals surface area contributed by atoms with E-state index in [9.17, 15) is 4.79 Å². The van der Waals surface area contributed by atoms with Crippen molar-refractivity contribution in [2.24, 2.45) is 23.5 Å². The number of carbonyl (C=O) groups excluding carboxylic acids is 1. The SMILES string of the molecule is CCCC1CCC(NC(=O)[C@@H]2CCC[C@@H]2CN)CC1. The summed E-state index contributed by atoms with van der Waals surface area (Å²) in [7, 11) is 0. The van der Waals surface area contributed by atoms with Crippen LogP contribution in [0.4, 0.5) is 0 Å². The van der Waals surface area contributed by atoms with Crippen molar-refractivity contribution in [3.05, 3.63) is 0 Å². The molecule has 3 nitrogen and oxygen atoms in total. The molecule has 0 aromatic rings. The lowest BCUT2D eigenvalue weighted by Gasteiger charge is -2.30. The third-order valence-electron chi connectivity index (χ3n) is 5.19. The maximum Gasteiger partial charge on any atom is 0.223 e. The summed E-state index contributed by atoms with van der Waals surface area (Å²) in [4.78, 5) is 12.3. The normalized spacial score (nSPS) is 35.3. The van der Waals surface area contributed by atoms with Crippen LogP contribution >= 0.6 is 0 Å². The number of nitrogens with two attached hydrogens (primary N) is 1. The Hall–Kier alpha value is -0.570. The monoisotopic (exact) mass is 266 g/mol. The number of amides is 1.